The zero-order valence-corrected chi connectivity index (χ0v) is 10.0. The van der Waals surface area contributed by atoms with Crippen LogP contribution in [0.1, 0.15) is 26.2 Å². The summed E-state index contributed by atoms with van der Waals surface area (Å²) in [7, 11) is 13.4. The number of hydrogen-bond acceptors (Lipinski definition) is 1. The maximum absolute atomic E-state index is 6.76. The summed E-state index contributed by atoms with van der Waals surface area (Å²) in [4.78, 5) is 0. The molecular weight excluding hydrogens is 275 g/mol. The Balaban J connectivity index is 0. The molecule has 0 heterocycles. The molecule has 0 bridgehead atoms. The minimum atomic E-state index is -1.19. The van der Waals surface area contributed by atoms with Crippen molar-refractivity contribution in [2.45, 2.75) is 26.2 Å². The molecule has 0 saturated heterocycles. The van der Waals surface area contributed by atoms with Crippen molar-refractivity contribution in [3.63, 3.8) is 0 Å². The molecule has 0 unspecified atom stereocenters. The van der Waals surface area contributed by atoms with E-state index in [2.05, 4.69) is 6.92 Å². The Morgan fingerprint density at radius 1 is 1.36 bits per heavy atom. The third kappa shape index (κ3) is 34.7. The predicted octanol–water partition coefficient (Wildman–Crippen LogP) is 4.46. The molecule has 0 aliphatic rings. The van der Waals surface area contributed by atoms with Gasteiger partial charge in [0.1, 0.15) is 0 Å². The molecule has 0 aromatic carbocycles. The summed E-state index contributed by atoms with van der Waals surface area (Å²) in [5.41, 5.74) is 0. The van der Waals surface area contributed by atoms with Crippen molar-refractivity contribution >= 4 is 47.2 Å². The Kier molecular flexibility index (Phi) is 15.3. The first-order valence-corrected chi connectivity index (χ1v) is 7.55. The van der Waals surface area contributed by atoms with Crippen LogP contribution in [0.2, 0.25) is 0 Å². The molecule has 72 valence electrons. The van der Waals surface area contributed by atoms with E-state index in [0.717, 1.165) is 19.3 Å². The van der Waals surface area contributed by atoms with Gasteiger partial charge in [-0.15, -0.1) is 0 Å². The van der Waals surface area contributed by atoms with Gasteiger partial charge in [0.25, 0.3) is 0 Å². The molecule has 0 atom stereocenters. The predicted molar refractivity (Wildman–Crippen MR) is 50.7 cm³/mol. The van der Waals surface area contributed by atoms with E-state index >= 15 is 0 Å². The van der Waals surface area contributed by atoms with Crippen molar-refractivity contribution in [3.8, 4) is 0 Å². The second kappa shape index (κ2) is 11.3. The van der Waals surface area contributed by atoms with Crippen LogP contribution in [0.25, 0.3) is 0 Å². The molecule has 0 radical (unpaired) electrons. The molecule has 0 spiro atoms. The van der Waals surface area contributed by atoms with Gasteiger partial charge >= 0.3 is 41.4 Å². The van der Waals surface area contributed by atoms with E-state index in [1.165, 1.54) is 0 Å². The monoisotopic (exact) mass is 283 g/mol. The average Bonchev–Trinajstić information content (AvgIpc) is 1.82. The Morgan fingerprint density at radius 2 is 1.73 bits per heavy atom. The van der Waals surface area contributed by atoms with Gasteiger partial charge in [0, 0.05) is 0 Å². The Bertz CT molecular complexity index is 95.7. The Hall–Kier alpha value is 1.34. The standard InChI is InChI=1S/C5H10ClN.3ClH.Co/c1-2-3-4-5(6)7;;;;/h7H,2-4H2,1H3;3*1H;/q;;;;+3/p-3. The second-order valence-corrected chi connectivity index (χ2v) is 7.27. The maximum atomic E-state index is 6.76. The summed E-state index contributed by atoms with van der Waals surface area (Å²) in [5.74, 6) is 0. The van der Waals surface area contributed by atoms with Crippen LogP contribution in [-0.4, -0.2) is 5.17 Å². The molecule has 0 rings (SSSR count). The van der Waals surface area contributed by atoms with Gasteiger partial charge in [-0.1, -0.05) is 24.9 Å². The molecular formula is C5H10Cl4CoN. The van der Waals surface area contributed by atoms with Gasteiger partial charge in [0.05, 0.1) is 5.17 Å². The van der Waals surface area contributed by atoms with Crippen molar-refractivity contribution in [3.05, 3.63) is 0 Å². The van der Waals surface area contributed by atoms with Gasteiger partial charge in [-0.2, -0.15) is 0 Å². The zero-order valence-electron chi connectivity index (χ0n) is 5.97. The van der Waals surface area contributed by atoms with Crippen LogP contribution in [0, 0.1) is 5.41 Å². The molecule has 0 aromatic rings. The molecule has 0 aliphatic carbocycles. The molecule has 1 nitrogen and oxygen atoms in total. The van der Waals surface area contributed by atoms with E-state index < -0.39 is 10.9 Å². The minimum absolute atomic E-state index is 0.279. The normalized spacial score (nSPS) is 9.73. The number of rotatable bonds is 3. The van der Waals surface area contributed by atoms with Crippen LogP contribution in [-0.2, 0) is 10.9 Å². The van der Waals surface area contributed by atoms with Crippen LogP contribution in [0.3, 0.4) is 0 Å². The summed E-state index contributed by atoms with van der Waals surface area (Å²) in [6.07, 6.45) is 2.91. The van der Waals surface area contributed by atoms with Crippen LogP contribution in [0.15, 0.2) is 0 Å². The van der Waals surface area contributed by atoms with Gasteiger partial charge < -0.3 is 0 Å². The topological polar surface area (TPSA) is 23.9 Å². The summed E-state index contributed by atoms with van der Waals surface area (Å²) in [6.45, 7) is 2.08. The molecule has 11 heavy (non-hydrogen) atoms. The van der Waals surface area contributed by atoms with Gasteiger partial charge in [-0.05, 0) is 12.8 Å². The fraction of sp³-hybridized carbons (Fsp3) is 0.800. The van der Waals surface area contributed by atoms with E-state index in [9.17, 15) is 0 Å². The molecule has 0 fully saturated rings. The summed E-state index contributed by atoms with van der Waals surface area (Å²) < 4.78 is 0. The third-order valence-electron chi connectivity index (χ3n) is 0.750. The SMILES string of the molecule is CCCCC(=N)Cl.[Cl][Co]([Cl])[Cl]. The average molecular weight is 285 g/mol. The van der Waals surface area contributed by atoms with Gasteiger partial charge in [-0.25, -0.2) is 0 Å². The quantitative estimate of drug-likeness (QED) is 0.740. The molecule has 6 heteroatoms. The Morgan fingerprint density at radius 3 is 1.82 bits per heavy atom. The summed E-state index contributed by atoms with van der Waals surface area (Å²) in [5, 5.41) is 7.04. The summed E-state index contributed by atoms with van der Waals surface area (Å²) in [6, 6.07) is 0. The van der Waals surface area contributed by atoms with Crippen molar-refractivity contribution in [1.82, 2.24) is 0 Å². The molecule has 0 saturated carbocycles. The van der Waals surface area contributed by atoms with Crippen LogP contribution < -0.4 is 0 Å². The van der Waals surface area contributed by atoms with Crippen LogP contribution in [0.5, 0.6) is 0 Å². The van der Waals surface area contributed by atoms with Gasteiger partial charge in [0.15, 0.2) is 0 Å². The molecule has 0 aromatic heterocycles. The Labute approximate surface area is 89.4 Å². The second-order valence-electron chi connectivity index (χ2n) is 1.65. The molecule has 0 amide bonds. The van der Waals surface area contributed by atoms with Crippen molar-refractivity contribution in [1.29, 1.82) is 5.41 Å². The zero-order chi connectivity index (χ0) is 9.28. The number of unbranched alkanes of at least 4 members (excludes halogenated alkanes) is 1. The van der Waals surface area contributed by atoms with Crippen molar-refractivity contribution in [2.24, 2.45) is 0 Å². The van der Waals surface area contributed by atoms with E-state index in [0.29, 0.717) is 0 Å². The summed E-state index contributed by atoms with van der Waals surface area (Å²) >= 11 is 5.24. The fourth-order valence-electron chi connectivity index (χ4n) is 0.332. The van der Waals surface area contributed by atoms with Gasteiger partial charge in [-0.3, -0.25) is 5.41 Å². The third-order valence-corrected chi connectivity index (χ3v) is 0.939. The fourth-order valence-corrected chi connectivity index (χ4v) is 0.466. The first kappa shape index (κ1) is 14.8. The van der Waals surface area contributed by atoms with Crippen molar-refractivity contribution < 1.29 is 10.9 Å². The number of nitrogens with one attached hydrogen (secondary N) is 1. The molecule has 1 N–H and O–H groups in total. The first-order valence-electron chi connectivity index (χ1n) is 2.88. The van der Waals surface area contributed by atoms with E-state index in [-0.39, 0.29) is 5.17 Å². The van der Waals surface area contributed by atoms with E-state index in [4.69, 9.17) is 47.4 Å². The number of halogens is 4. The van der Waals surface area contributed by atoms with E-state index in [1.54, 1.807) is 0 Å². The van der Waals surface area contributed by atoms with E-state index in [1.807, 2.05) is 0 Å². The molecule has 0 aliphatic heterocycles. The van der Waals surface area contributed by atoms with Crippen LogP contribution in [0.4, 0.5) is 0 Å². The number of hydrogen-bond donors (Lipinski definition) is 1. The van der Waals surface area contributed by atoms with Crippen LogP contribution >= 0.6 is 42.0 Å². The van der Waals surface area contributed by atoms with Crippen molar-refractivity contribution in [2.75, 3.05) is 0 Å². The van der Waals surface area contributed by atoms with Gasteiger partial charge in [0.2, 0.25) is 0 Å². The first-order chi connectivity index (χ1) is 5.00.